The van der Waals surface area contributed by atoms with Gasteiger partial charge in [0.1, 0.15) is 30.5 Å². The summed E-state index contributed by atoms with van der Waals surface area (Å²) in [5.41, 5.74) is -6.73. The van der Waals surface area contributed by atoms with Crippen LogP contribution in [-0.4, -0.2) is 106 Å². The first-order chi connectivity index (χ1) is 30.3. The van der Waals surface area contributed by atoms with Crippen LogP contribution in [0.2, 0.25) is 0 Å². The highest BCUT2D eigenvalue weighted by Crippen LogP contribution is 2.64. The summed E-state index contributed by atoms with van der Waals surface area (Å²) in [5, 5.41) is 40.1. The summed E-state index contributed by atoms with van der Waals surface area (Å²) in [7, 11) is 0. The largest absolute Gasteiger partial charge is 0.456 e. The molecule has 16 nitrogen and oxygen atoms in total. The Bertz CT molecular complexity index is 2320. The molecular formula is C48H53NO15. The zero-order chi connectivity index (χ0) is 46.4. The van der Waals surface area contributed by atoms with E-state index in [-0.39, 0.29) is 36.3 Å². The van der Waals surface area contributed by atoms with Crippen molar-refractivity contribution >= 4 is 35.8 Å². The lowest BCUT2D eigenvalue weighted by Gasteiger charge is -2.67. The first kappa shape index (κ1) is 46.1. The van der Waals surface area contributed by atoms with Gasteiger partial charge < -0.3 is 49.1 Å². The molecule has 16 heteroatoms. The lowest BCUT2D eigenvalue weighted by atomic mass is 9.44. The van der Waals surface area contributed by atoms with E-state index in [9.17, 15) is 39.3 Å². The third-order valence-corrected chi connectivity index (χ3v) is 13.6. The van der Waals surface area contributed by atoms with Crippen LogP contribution in [0.15, 0.2) is 102 Å². The van der Waals surface area contributed by atoms with Crippen LogP contribution in [0.3, 0.4) is 0 Å². The van der Waals surface area contributed by atoms with E-state index in [2.05, 4.69) is 5.32 Å². The fourth-order valence-electron chi connectivity index (χ4n) is 10.3. The highest BCUT2D eigenvalue weighted by molar-refractivity contribution is 5.95. The van der Waals surface area contributed by atoms with E-state index < -0.39 is 113 Å². The van der Waals surface area contributed by atoms with Crippen LogP contribution >= 0.6 is 0 Å². The zero-order valence-corrected chi connectivity index (χ0v) is 36.3. The number of hydrogen-bond acceptors (Lipinski definition) is 15. The summed E-state index contributed by atoms with van der Waals surface area (Å²) in [6.45, 7) is 7.81. The molecule has 0 aromatic heterocycles. The lowest BCUT2D eigenvalue weighted by molar-refractivity contribution is -0.346. The first-order valence-electron chi connectivity index (χ1n) is 21.1. The minimum Gasteiger partial charge on any atom is -0.456 e. The smallest absolute Gasteiger partial charge is 0.408 e. The number of amides is 1. The Kier molecular flexibility index (Phi) is 12.6. The molecule has 0 radical (unpaired) electrons. The summed E-state index contributed by atoms with van der Waals surface area (Å²) >= 11 is 0. The van der Waals surface area contributed by atoms with Gasteiger partial charge in [-0.1, -0.05) is 92.7 Å². The fraction of sp³-hybridized carbons (Fsp3) is 0.458. The number of fused-ring (bicyclic) bond motifs is 5. The number of hydrogen-bond donors (Lipinski definition) is 4. The van der Waals surface area contributed by atoms with E-state index in [1.807, 2.05) is 0 Å². The number of esters is 4. The molecule has 4 aliphatic rings. The number of aliphatic hydroxyl groups excluding tert-OH is 2. The normalized spacial score (nSPS) is 31.2. The van der Waals surface area contributed by atoms with Gasteiger partial charge in [0.25, 0.3) is 0 Å². The van der Waals surface area contributed by atoms with Crippen LogP contribution < -0.4 is 5.32 Å². The minimum atomic E-state index is -2.41. The van der Waals surface area contributed by atoms with Gasteiger partial charge in [-0.25, -0.2) is 14.4 Å². The second-order valence-electron chi connectivity index (χ2n) is 17.7. The van der Waals surface area contributed by atoms with E-state index >= 15 is 4.79 Å². The minimum absolute atomic E-state index is 0.0166. The number of benzene rings is 3. The number of Topliss-reactive ketones (excluding diaryl/α,β-unsaturated/α-hetero) is 1. The maximum atomic E-state index is 15.5. The molecule has 3 aromatic carbocycles. The third kappa shape index (κ3) is 7.97. The molecule has 3 aliphatic carbocycles. The molecule has 1 aliphatic heterocycles. The predicted octanol–water partition coefficient (Wildman–Crippen LogP) is 4.23. The topological polar surface area (TPSA) is 231 Å². The molecule has 2 bridgehead atoms. The van der Waals surface area contributed by atoms with Gasteiger partial charge in [0.05, 0.1) is 35.6 Å². The van der Waals surface area contributed by atoms with Gasteiger partial charge >= 0.3 is 30.0 Å². The zero-order valence-electron chi connectivity index (χ0n) is 36.3. The van der Waals surface area contributed by atoms with Crippen molar-refractivity contribution in [3.05, 3.63) is 119 Å². The van der Waals surface area contributed by atoms with Crippen LogP contribution in [0.1, 0.15) is 81.9 Å². The first-order valence-corrected chi connectivity index (χ1v) is 21.1. The molecule has 7 rings (SSSR count). The van der Waals surface area contributed by atoms with Gasteiger partial charge in [-0.3, -0.25) is 14.4 Å². The molecule has 4 N–H and O–H groups in total. The number of alkyl carbamates (subject to hydrolysis) is 1. The second-order valence-corrected chi connectivity index (χ2v) is 17.7. The Labute approximate surface area is 369 Å². The number of carbonyl (C=O) groups excluding carboxylic acids is 6. The Balaban J connectivity index is 1.34. The third-order valence-electron chi connectivity index (χ3n) is 13.6. The molecule has 340 valence electrons. The highest BCUT2D eigenvalue weighted by Gasteiger charge is 2.78. The number of carbonyl (C=O) groups is 6. The fourth-order valence-corrected chi connectivity index (χ4v) is 10.3. The summed E-state index contributed by atoms with van der Waals surface area (Å²) in [5.74, 6) is -6.33. The molecular weight excluding hydrogens is 831 g/mol. The molecule has 3 fully saturated rings. The van der Waals surface area contributed by atoms with Crippen LogP contribution in [0.25, 0.3) is 0 Å². The van der Waals surface area contributed by atoms with Crippen molar-refractivity contribution in [3.63, 3.8) is 0 Å². The van der Waals surface area contributed by atoms with Gasteiger partial charge in [-0.2, -0.15) is 0 Å². The number of nitrogens with one attached hydrogen (secondary N) is 1. The standard InChI is InChI=1S/C48H53NO15/c1-26-32(62-43(56)37(53)36(30-18-12-8-13-19-30)49-44(57)59-24-29-16-10-7-11-17-29)23-48(58)41(63-42(55)31-20-14-9-15-21-31)39-46(6,33(52)22-34-47(39,25-60-34)64-28(3)51)40(54)38(61-27(2)50)35(26)45(48,4)5/h7-21,32-34,36-39,41,52-53,58H,22-25H2,1-6H3,(H,49,57)/t32-,33-,34+,36-,37+,38+,39?,41-,46+,47-,48+/m0/s1. The summed E-state index contributed by atoms with van der Waals surface area (Å²) in [4.78, 5) is 83.3. The molecule has 3 aromatic rings. The molecule has 2 saturated carbocycles. The van der Waals surface area contributed by atoms with Gasteiger partial charge in [0.2, 0.25) is 0 Å². The number of ketones is 1. The van der Waals surface area contributed by atoms with E-state index in [1.165, 1.54) is 26.0 Å². The van der Waals surface area contributed by atoms with E-state index in [0.29, 0.717) is 11.1 Å². The summed E-state index contributed by atoms with van der Waals surface area (Å²) < 4.78 is 35.7. The van der Waals surface area contributed by atoms with Crippen LogP contribution in [0.5, 0.6) is 0 Å². The quantitative estimate of drug-likeness (QED) is 0.120. The highest BCUT2D eigenvalue weighted by atomic mass is 16.6. The summed E-state index contributed by atoms with van der Waals surface area (Å²) in [6.07, 6.45) is -11.6. The lowest BCUT2D eigenvalue weighted by Crippen LogP contribution is -2.82. The van der Waals surface area contributed by atoms with E-state index in [1.54, 1.807) is 92.7 Å². The van der Waals surface area contributed by atoms with Crippen molar-refractivity contribution in [1.82, 2.24) is 5.32 Å². The van der Waals surface area contributed by atoms with Crippen molar-refractivity contribution in [3.8, 4) is 0 Å². The van der Waals surface area contributed by atoms with Crippen molar-refractivity contribution in [1.29, 1.82) is 0 Å². The number of aliphatic hydroxyl groups is 3. The van der Waals surface area contributed by atoms with E-state index in [4.69, 9.17) is 28.4 Å². The Hall–Kier alpha value is -5.94. The second kappa shape index (κ2) is 17.6. The Morgan fingerprint density at radius 1 is 0.859 bits per heavy atom. The van der Waals surface area contributed by atoms with Crippen molar-refractivity contribution < 1.29 is 72.5 Å². The van der Waals surface area contributed by atoms with Crippen molar-refractivity contribution in [2.75, 3.05) is 6.61 Å². The number of ether oxygens (including phenoxy) is 6. The summed E-state index contributed by atoms with van der Waals surface area (Å²) in [6, 6.07) is 23.4. The molecule has 1 heterocycles. The van der Waals surface area contributed by atoms with Crippen molar-refractivity contribution in [2.45, 2.75) is 115 Å². The van der Waals surface area contributed by atoms with Gasteiger partial charge in [-0.05, 0) is 48.3 Å². The van der Waals surface area contributed by atoms with Gasteiger partial charge in [0.15, 0.2) is 23.6 Å². The van der Waals surface area contributed by atoms with Crippen molar-refractivity contribution in [2.24, 2.45) is 16.7 Å². The average Bonchev–Trinajstić information content (AvgIpc) is 3.26. The van der Waals surface area contributed by atoms with Crippen LogP contribution in [0, 0.1) is 16.7 Å². The SMILES string of the molecule is CC(=O)O[C@H]1C(=O)[C@@]2(C)C([C@H](OC(=O)c3ccccc3)[C@]3(O)C[C@H](OC(=O)[C@H](O)[C@@H](NC(=O)OCc4ccccc4)c4ccccc4)C(C)=C1C3(C)C)[C@]1(OC(C)=O)CO[C@@H]1C[C@@H]2O. The van der Waals surface area contributed by atoms with E-state index in [0.717, 1.165) is 13.8 Å². The predicted molar refractivity (Wildman–Crippen MR) is 224 cm³/mol. The van der Waals surface area contributed by atoms with Crippen LogP contribution in [0.4, 0.5) is 4.79 Å². The molecule has 11 atom stereocenters. The molecule has 1 saturated heterocycles. The Morgan fingerprint density at radius 2 is 1.47 bits per heavy atom. The van der Waals surface area contributed by atoms with Crippen LogP contribution in [-0.2, 0) is 54.2 Å². The monoisotopic (exact) mass is 883 g/mol. The average molecular weight is 884 g/mol. The van der Waals surface area contributed by atoms with Gasteiger partial charge in [-0.15, -0.1) is 0 Å². The van der Waals surface area contributed by atoms with Gasteiger partial charge in [0, 0.05) is 32.1 Å². The molecule has 1 unspecified atom stereocenters. The molecule has 64 heavy (non-hydrogen) atoms. The number of rotatable bonds is 11. The molecule has 1 amide bonds. The Morgan fingerprint density at radius 3 is 2.05 bits per heavy atom. The molecule has 0 spiro atoms. The maximum Gasteiger partial charge on any atom is 0.408 e. The maximum absolute atomic E-state index is 15.5.